The predicted molar refractivity (Wildman–Crippen MR) is 57.3 cm³/mol. The highest BCUT2D eigenvalue weighted by atomic mass is 19.4. The third-order valence-electron chi connectivity index (χ3n) is 1.98. The van der Waals surface area contributed by atoms with E-state index < -0.39 is 18.6 Å². The molecule has 0 radical (unpaired) electrons. The zero-order valence-corrected chi connectivity index (χ0v) is 9.03. The molecule has 1 aromatic carbocycles. The summed E-state index contributed by atoms with van der Waals surface area (Å²) in [5.41, 5.74) is 5.52. The highest BCUT2D eigenvalue weighted by molar-refractivity contribution is 6.01. The number of carbonyl (C=O) groups is 1. The number of alkyl halides is 3. The molecule has 0 aliphatic rings. The molecule has 98 valence electrons. The van der Waals surface area contributed by atoms with Crippen molar-refractivity contribution in [1.82, 2.24) is 5.32 Å². The Morgan fingerprint density at radius 2 is 2.00 bits per heavy atom. The summed E-state index contributed by atoms with van der Waals surface area (Å²) in [6.07, 6.45) is -4.47. The van der Waals surface area contributed by atoms with Crippen molar-refractivity contribution in [2.45, 2.75) is 6.18 Å². The lowest BCUT2D eigenvalue weighted by molar-refractivity contribution is -0.123. The SMILES string of the molecule is N/C(=N\O)c1cccc(C(=O)NCC(F)(F)F)c1. The molecule has 0 atom stereocenters. The van der Waals surface area contributed by atoms with Crippen molar-refractivity contribution in [2.24, 2.45) is 10.9 Å². The number of benzene rings is 1. The van der Waals surface area contributed by atoms with Crippen molar-refractivity contribution in [1.29, 1.82) is 0 Å². The first-order valence-corrected chi connectivity index (χ1v) is 4.76. The molecule has 0 heterocycles. The molecular formula is C10H10F3N3O2. The smallest absolute Gasteiger partial charge is 0.405 e. The minimum Gasteiger partial charge on any atom is -0.409 e. The van der Waals surface area contributed by atoms with E-state index in [4.69, 9.17) is 10.9 Å². The fraction of sp³-hybridized carbons (Fsp3) is 0.200. The van der Waals surface area contributed by atoms with Crippen molar-refractivity contribution in [3.05, 3.63) is 35.4 Å². The molecule has 0 saturated carbocycles. The van der Waals surface area contributed by atoms with E-state index in [9.17, 15) is 18.0 Å². The van der Waals surface area contributed by atoms with Crippen molar-refractivity contribution in [3.8, 4) is 0 Å². The van der Waals surface area contributed by atoms with Crippen LogP contribution in [0.4, 0.5) is 13.2 Å². The monoisotopic (exact) mass is 261 g/mol. The molecule has 8 heteroatoms. The van der Waals surface area contributed by atoms with E-state index in [0.717, 1.165) is 0 Å². The summed E-state index contributed by atoms with van der Waals surface area (Å²) < 4.78 is 35.7. The number of nitrogens with two attached hydrogens (primary N) is 1. The van der Waals surface area contributed by atoms with Crippen LogP contribution in [0.25, 0.3) is 0 Å². The summed E-state index contributed by atoms with van der Waals surface area (Å²) in [7, 11) is 0. The van der Waals surface area contributed by atoms with Crippen LogP contribution in [0.3, 0.4) is 0 Å². The van der Waals surface area contributed by atoms with Gasteiger partial charge in [-0.15, -0.1) is 0 Å². The molecule has 0 aromatic heterocycles. The summed E-state index contributed by atoms with van der Waals surface area (Å²) >= 11 is 0. The van der Waals surface area contributed by atoms with Crippen LogP contribution in [0.5, 0.6) is 0 Å². The topological polar surface area (TPSA) is 87.7 Å². The quantitative estimate of drug-likeness (QED) is 0.329. The van der Waals surface area contributed by atoms with Gasteiger partial charge >= 0.3 is 6.18 Å². The van der Waals surface area contributed by atoms with E-state index in [1.54, 1.807) is 5.32 Å². The van der Waals surface area contributed by atoms with Crippen molar-refractivity contribution >= 4 is 11.7 Å². The first kappa shape index (κ1) is 13.8. The third-order valence-corrected chi connectivity index (χ3v) is 1.98. The van der Waals surface area contributed by atoms with Crippen molar-refractivity contribution < 1.29 is 23.2 Å². The second-order valence-corrected chi connectivity index (χ2v) is 3.36. The number of rotatable bonds is 3. The summed E-state index contributed by atoms with van der Waals surface area (Å²) in [5.74, 6) is -1.12. The fourth-order valence-corrected chi connectivity index (χ4v) is 1.16. The number of hydrogen-bond donors (Lipinski definition) is 3. The summed E-state index contributed by atoms with van der Waals surface area (Å²) in [5, 5.41) is 12.9. The molecule has 4 N–H and O–H groups in total. The molecule has 1 amide bonds. The fourth-order valence-electron chi connectivity index (χ4n) is 1.16. The molecular weight excluding hydrogens is 251 g/mol. The van der Waals surface area contributed by atoms with Gasteiger partial charge in [0.25, 0.3) is 5.91 Å². The Hall–Kier alpha value is -2.25. The summed E-state index contributed by atoms with van der Waals surface area (Å²) in [6.45, 7) is -1.42. The normalized spacial score (nSPS) is 12.3. The van der Waals surface area contributed by atoms with E-state index in [0.29, 0.717) is 0 Å². The molecule has 5 nitrogen and oxygen atoms in total. The number of oxime groups is 1. The van der Waals surface area contributed by atoms with Gasteiger partial charge in [0.05, 0.1) is 0 Å². The van der Waals surface area contributed by atoms with Gasteiger partial charge in [0, 0.05) is 11.1 Å². The Balaban J connectivity index is 2.81. The Morgan fingerprint density at radius 1 is 1.39 bits per heavy atom. The number of nitrogens with zero attached hydrogens (tertiary/aromatic N) is 1. The first-order chi connectivity index (χ1) is 8.33. The minimum absolute atomic E-state index is 0.0108. The highest BCUT2D eigenvalue weighted by Crippen LogP contribution is 2.13. The largest absolute Gasteiger partial charge is 0.409 e. The lowest BCUT2D eigenvalue weighted by Crippen LogP contribution is -2.33. The van der Waals surface area contributed by atoms with Crippen LogP contribution >= 0.6 is 0 Å². The van der Waals surface area contributed by atoms with Crippen LogP contribution in [-0.4, -0.2) is 29.7 Å². The van der Waals surface area contributed by atoms with Crippen molar-refractivity contribution in [2.75, 3.05) is 6.54 Å². The Kier molecular flexibility index (Phi) is 4.13. The van der Waals surface area contributed by atoms with Gasteiger partial charge in [-0.3, -0.25) is 4.79 Å². The van der Waals surface area contributed by atoms with Crippen LogP contribution < -0.4 is 11.1 Å². The number of amides is 1. The average Bonchev–Trinajstić information content (AvgIpc) is 2.34. The van der Waals surface area contributed by atoms with Crippen LogP contribution in [0.15, 0.2) is 29.4 Å². The number of amidine groups is 1. The van der Waals surface area contributed by atoms with E-state index in [2.05, 4.69) is 5.16 Å². The molecule has 0 aliphatic carbocycles. The Morgan fingerprint density at radius 3 is 2.56 bits per heavy atom. The summed E-state index contributed by atoms with van der Waals surface area (Å²) in [4.78, 5) is 11.4. The first-order valence-electron chi connectivity index (χ1n) is 4.76. The number of halogens is 3. The summed E-state index contributed by atoms with van der Waals surface area (Å²) in [6, 6.07) is 5.41. The zero-order valence-electron chi connectivity index (χ0n) is 9.03. The van der Waals surface area contributed by atoms with Gasteiger partial charge in [-0.05, 0) is 12.1 Å². The maximum absolute atomic E-state index is 11.9. The second-order valence-electron chi connectivity index (χ2n) is 3.36. The Labute approximate surface area is 100 Å². The molecule has 0 fully saturated rings. The maximum Gasteiger partial charge on any atom is 0.405 e. The Bertz CT molecular complexity index is 472. The maximum atomic E-state index is 11.9. The number of nitrogens with one attached hydrogen (secondary N) is 1. The van der Waals surface area contributed by atoms with Gasteiger partial charge in [-0.2, -0.15) is 13.2 Å². The molecule has 0 spiro atoms. The second kappa shape index (κ2) is 5.39. The van der Waals surface area contributed by atoms with Gasteiger partial charge in [0.15, 0.2) is 5.84 Å². The standard InChI is InChI=1S/C10H10F3N3O2/c11-10(12,13)5-15-9(17)7-3-1-2-6(4-7)8(14)16-18/h1-4,18H,5H2,(H2,14,16)(H,15,17). The number of hydrogen-bond acceptors (Lipinski definition) is 3. The van der Waals surface area contributed by atoms with Gasteiger partial charge in [-0.1, -0.05) is 17.3 Å². The molecule has 0 aliphatic heterocycles. The third kappa shape index (κ3) is 3.96. The highest BCUT2D eigenvalue weighted by Gasteiger charge is 2.27. The van der Waals surface area contributed by atoms with Crippen LogP contribution in [0, 0.1) is 0 Å². The van der Waals surface area contributed by atoms with Crippen LogP contribution in [0.1, 0.15) is 15.9 Å². The van der Waals surface area contributed by atoms with Crippen molar-refractivity contribution in [3.63, 3.8) is 0 Å². The lowest BCUT2D eigenvalue weighted by atomic mass is 10.1. The lowest BCUT2D eigenvalue weighted by Gasteiger charge is -2.08. The van der Waals surface area contributed by atoms with Gasteiger partial charge in [-0.25, -0.2) is 0 Å². The zero-order chi connectivity index (χ0) is 13.8. The predicted octanol–water partition coefficient (Wildman–Crippen LogP) is 1.07. The number of carbonyl (C=O) groups excluding carboxylic acids is 1. The van der Waals surface area contributed by atoms with Crippen LogP contribution in [0.2, 0.25) is 0 Å². The molecule has 0 unspecified atom stereocenters. The van der Waals surface area contributed by atoms with Gasteiger partial charge < -0.3 is 16.3 Å². The van der Waals surface area contributed by atoms with E-state index >= 15 is 0 Å². The van der Waals surface area contributed by atoms with Crippen LogP contribution in [-0.2, 0) is 0 Å². The van der Waals surface area contributed by atoms with Gasteiger partial charge in [0.2, 0.25) is 0 Å². The minimum atomic E-state index is -4.47. The van der Waals surface area contributed by atoms with E-state index in [1.165, 1.54) is 24.3 Å². The molecule has 1 aromatic rings. The molecule has 0 bridgehead atoms. The molecule has 1 rings (SSSR count). The molecule has 18 heavy (non-hydrogen) atoms. The van der Waals surface area contributed by atoms with E-state index in [-0.39, 0.29) is 17.0 Å². The van der Waals surface area contributed by atoms with Gasteiger partial charge in [0.1, 0.15) is 6.54 Å². The average molecular weight is 261 g/mol. The van der Waals surface area contributed by atoms with E-state index in [1.807, 2.05) is 0 Å². The molecule has 0 saturated heterocycles.